The molecule has 2 unspecified atom stereocenters. The molecule has 1 N–H and O–H groups in total. The van der Waals surface area contributed by atoms with Gasteiger partial charge in [-0.1, -0.05) is 20.3 Å². The average Bonchev–Trinajstić information content (AvgIpc) is 2.90. The molecule has 5 nitrogen and oxygen atoms in total. The van der Waals surface area contributed by atoms with E-state index in [1.807, 2.05) is 4.90 Å². The maximum atomic E-state index is 12.6. The number of hydrogen-bond donors (Lipinski definition) is 1. The van der Waals surface area contributed by atoms with Crippen molar-refractivity contribution in [2.24, 2.45) is 5.92 Å². The molecule has 0 aromatic rings. The highest BCUT2D eigenvalue weighted by Crippen LogP contribution is 2.30. The maximum Gasteiger partial charge on any atom is 0.332 e. The number of piperidine rings is 1. The van der Waals surface area contributed by atoms with Gasteiger partial charge in [-0.05, 0) is 38.0 Å². The summed E-state index contributed by atoms with van der Waals surface area (Å²) in [5.41, 5.74) is 0. The summed E-state index contributed by atoms with van der Waals surface area (Å²) in [5.74, 6) is -0.444. The topological polar surface area (TPSA) is 66.8 Å². The van der Waals surface area contributed by atoms with Gasteiger partial charge in [-0.15, -0.1) is 0 Å². The van der Waals surface area contributed by atoms with Crippen LogP contribution in [-0.2, 0) is 14.3 Å². The summed E-state index contributed by atoms with van der Waals surface area (Å²) in [7, 11) is 0. The molecule has 0 saturated carbocycles. The van der Waals surface area contributed by atoms with E-state index in [0.29, 0.717) is 18.8 Å². The molecule has 0 spiro atoms. The number of nitrogens with zero attached hydrogens (tertiary/aromatic N) is 1. The molecule has 2 heterocycles. The van der Waals surface area contributed by atoms with Crippen LogP contribution in [0.3, 0.4) is 0 Å². The molecule has 2 saturated heterocycles. The lowest BCUT2D eigenvalue weighted by Crippen LogP contribution is -2.51. The van der Waals surface area contributed by atoms with Gasteiger partial charge in [0.25, 0.3) is 5.91 Å². The monoisotopic (exact) mass is 283 g/mol. The van der Waals surface area contributed by atoms with Gasteiger partial charge in [0, 0.05) is 12.6 Å². The predicted octanol–water partition coefficient (Wildman–Crippen LogP) is 2.05. The second kappa shape index (κ2) is 6.57. The van der Waals surface area contributed by atoms with E-state index in [0.717, 1.165) is 32.2 Å². The molecule has 114 valence electrons. The van der Waals surface area contributed by atoms with Crippen molar-refractivity contribution in [1.82, 2.24) is 4.90 Å². The number of likely N-dealkylation sites (tertiary alicyclic amines) is 1. The second-order valence-electron chi connectivity index (χ2n) is 6.04. The van der Waals surface area contributed by atoms with E-state index in [1.165, 1.54) is 0 Å². The lowest BCUT2D eigenvalue weighted by molar-refractivity contribution is -0.157. The Hall–Kier alpha value is -1.10. The highest BCUT2D eigenvalue weighted by atomic mass is 16.5. The third-order valence-electron chi connectivity index (χ3n) is 4.55. The third-order valence-corrected chi connectivity index (χ3v) is 4.55. The first-order chi connectivity index (χ1) is 9.54. The first kappa shape index (κ1) is 15.3. The molecule has 2 aliphatic heterocycles. The highest BCUT2D eigenvalue weighted by molar-refractivity contribution is 5.83. The Morgan fingerprint density at radius 3 is 2.55 bits per heavy atom. The Morgan fingerprint density at radius 2 is 1.95 bits per heavy atom. The second-order valence-corrected chi connectivity index (χ2v) is 6.04. The Bertz CT molecular complexity index is 371. The Balaban J connectivity index is 2.01. The zero-order chi connectivity index (χ0) is 14.7. The number of hydrogen-bond acceptors (Lipinski definition) is 3. The Labute approximate surface area is 120 Å². The molecule has 5 heteroatoms. The van der Waals surface area contributed by atoms with Crippen molar-refractivity contribution in [3.05, 3.63) is 0 Å². The number of carbonyl (C=O) groups is 2. The molecule has 0 aliphatic carbocycles. The van der Waals surface area contributed by atoms with Crippen LogP contribution in [0.4, 0.5) is 0 Å². The van der Waals surface area contributed by atoms with Crippen LogP contribution in [-0.4, -0.2) is 46.7 Å². The summed E-state index contributed by atoms with van der Waals surface area (Å²) in [6.07, 6.45) is 3.87. The van der Waals surface area contributed by atoms with Crippen molar-refractivity contribution in [1.29, 1.82) is 0 Å². The van der Waals surface area contributed by atoms with E-state index in [9.17, 15) is 9.59 Å². The van der Waals surface area contributed by atoms with Gasteiger partial charge in [0.2, 0.25) is 0 Å². The minimum Gasteiger partial charge on any atom is -0.479 e. The minimum absolute atomic E-state index is 0.00116. The van der Waals surface area contributed by atoms with E-state index >= 15 is 0 Å². The third kappa shape index (κ3) is 3.14. The van der Waals surface area contributed by atoms with Crippen molar-refractivity contribution in [2.45, 2.75) is 70.6 Å². The van der Waals surface area contributed by atoms with Crippen LogP contribution < -0.4 is 0 Å². The Kier molecular flexibility index (Phi) is 5.02. The summed E-state index contributed by atoms with van der Waals surface area (Å²) in [5, 5.41) is 8.95. The van der Waals surface area contributed by atoms with Crippen molar-refractivity contribution in [3.63, 3.8) is 0 Å². The van der Waals surface area contributed by atoms with Crippen LogP contribution in [0.2, 0.25) is 0 Å². The minimum atomic E-state index is -0.961. The van der Waals surface area contributed by atoms with Gasteiger partial charge >= 0.3 is 5.97 Å². The molecular weight excluding hydrogens is 258 g/mol. The summed E-state index contributed by atoms with van der Waals surface area (Å²) < 4.78 is 5.41. The number of ether oxygens (including phenoxy) is 1. The number of carboxylic acid groups (broad SMARTS) is 1. The van der Waals surface area contributed by atoms with E-state index < -0.39 is 18.2 Å². The van der Waals surface area contributed by atoms with Crippen LogP contribution in [0.1, 0.15) is 52.4 Å². The van der Waals surface area contributed by atoms with Crippen LogP contribution in [0.5, 0.6) is 0 Å². The molecule has 2 rings (SSSR count). The summed E-state index contributed by atoms with van der Waals surface area (Å²) in [4.78, 5) is 25.5. The van der Waals surface area contributed by atoms with Crippen LogP contribution in [0.25, 0.3) is 0 Å². The van der Waals surface area contributed by atoms with Gasteiger partial charge in [0.1, 0.15) is 6.10 Å². The molecule has 0 aromatic heterocycles. The first-order valence-electron chi connectivity index (χ1n) is 7.73. The normalized spacial score (nSPS) is 34.2. The number of rotatable bonds is 4. The molecule has 4 atom stereocenters. The summed E-state index contributed by atoms with van der Waals surface area (Å²) in [6.45, 7) is 5.12. The van der Waals surface area contributed by atoms with Gasteiger partial charge in [0.05, 0.1) is 0 Å². The van der Waals surface area contributed by atoms with E-state index in [2.05, 4.69) is 13.8 Å². The zero-order valence-electron chi connectivity index (χ0n) is 12.4. The molecular formula is C15H25NO4. The SMILES string of the molecule is CCCC1C(C)CCCN1C(=O)[C@@H]1CC[C@H](C(=O)O)O1. The standard InChI is InChI=1S/C15H25NO4/c1-3-5-11-10(2)6-4-9-16(11)14(17)12-7-8-13(20-12)15(18)19/h10-13H,3-9H2,1-2H3,(H,18,19)/t10?,11?,12-,13+/m0/s1. The lowest BCUT2D eigenvalue weighted by Gasteiger charge is -2.41. The molecule has 0 bridgehead atoms. The first-order valence-corrected chi connectivity index (χ1v) is 7.73. The predicted molar refractivity (Wildman–Crippen MR) is 74.3 cm³/mol. The van der Waals surface area contributed by atoms with Gasteiger partial charge < -0.3 is 14.7 Å². The molecule has 1 amide bonds. The maximum absolute atomic E-state index is 12.6. The van der Waals surface area contributed by atoms with Gasteiger partial charge in [-0.2, -0.15) is 0 Å². The molecule has 0 aromatic carbocycles. The number of aliphatic carboxylic acids is 1. The fourth-order valence-corrected chi connectivity index (χ4v) is 3.44. The fourth-order valence-electron chi connectivity index (χ4n) is 3.44. The van der Waals surface area contributed by atoms with Crippen molar-refractivity contribution in [3.8, 4) is 0 Å². The van der Waals surface area contributed by atoms with E-state index in [-0.39, 0.29) is 11.9 Å². The van der Waals surface area contributed by atoms with Gasteiger partial charge in [0.15, 0.2) is 6.10 Å². The molecule has 20 heavy (non-hydrogen) atoms. The quantitative estimate of drug-likeness (QED) is 0.857. The van der Waals surface area contributed by atoms with Crippen molar-refractivity contribution >= 4 is 11.9 Å². The zero-order valence-corrected chi connectivity index (χ0v) is 12.4. The van der Waals surface area contributed by atoms with Crippen LogP contribution >= 0.6 is 0 Å². The fraction of sp³-hybridized carbons (Fsp3) is 0.867. The van der Waals surface area contributed by atoms with E-state index in [1.54, 1.807) is 0 Å². The number of amides is 1. The number of carboxylic acids is 1. The summed E-state index contributed by atoms with van der Waals surface area (Å²) >= 11 is 0. The smallest absolute Gasteiger partial charge is 0.332 e. The largest absolute Gasteiger partial charge is 0.479 e. The van der Waals surface area contributed by atoms with Crippen LogP contribution in [0, 0.1) is 5.92 Å². The average molecular weight is 283 g/mol. The Morgan fingerprint density at radius 1 is 1.25 bits per heavy atom. The lowest BCUT2D eigenvalue weighted by atomic mass is 9.87. The van der Waals surface area contributed by atoms with Gasteiger partial charge in [-0.25, -0.2) is 4.79 Å². The summed E-state index contributed by atoms with van der Waals surface area (Å²) in [6, 6.07) is 0.286. The van der Waals surface area contributed by atoms with E-state index in [4.69, 9.17) is 9.84 Å². The number of carbonyl (C=O) groups excluding carboxylic acids is 1. The molecule has 2 fully saturated rings. The van der Waals surface area contributed by atoms with Crippen molar-refractivity contribution < 1.29 is 19.4 Å². The highest BCUT2D eigenvalue weighted by Gasteiger charge is 2.40. The van der Waals surface area contributed by atoms with Crippen LogP contribution in [0.15, 0.2) is 0 Å². The molecule has 2 aliphatic rings. The van der Waals surface area contributed by atoms with Crippen molar-refractivity contribution in [2.75, 3.05) is 6.54 Å². The molecule has 0 radical (unpaired) electrons. The van der Waals surface area contributed by atoms with Gasteiger partial charge in [-0.3, -0.25) is 4.79 Å².